The summed E-state index contributed by atoms with van der Waals surface area (Å²) in [6, 6.07) is 3.51. The van der Waals surface area contributed by atoms with E-state index in [1.54, 1.807) is 0 Å². The molecule has 0 bridgehead atoms. The highest BCUT2D eigenvalue weighted by Crippen LogP contribution is 2.21. The molecular weight excluding hydrogens is 231 g/mol. The molecule has 2 N–H and O–H groups in total. The number of carbonyl (C=O) groups is 1. The number of halogens is 2. The van der Waals surface area contributed by atoms with Gasteiger partial charge >= 0.3 is 0 Å². The first kappa shape index (κ1) is 12.7. The Kier molecular flexibility index (Phi) is 4.33. The molecule has 1 aromatic rings. The van der Waals surface area contributed by atoms with E-state index in [2.05, 4.69) is 0 Å². The van der Waals surface area contributed by atoms with E-state index in [-0.39, 0.29) is 28.7 Å². The molecule has 0 atom stereocenters. The van der Waals surface area contributed by atoms with Gasteiger partial charge in [-0.3, -0.25) is 14.9 Å². The molecule has 0 aliphatic heterocycles. The molecule has 0 saturated heterocycles. The van der Waals surface area contributed by atoms with Gasteiger partial charge in [0.25, 0.3) is 5.69 Å². The average molecular weight is 237 g/mol. The molecule has 0 fully saturated rings. The predicted molar refractivity (Wildman–Crippen MR) is 53.9 cm³/mol. The number of nitrogens with two attached hydrogens (primary N) is 1. The maximum atomic E-state index is 10.7. The SMILES string of the molecule is Cl.NC(=O)c1cc([N+](=O)[O-])ccc1Cl. The molecule has 0 aromatic heterocycles. The fourth-order valence-corrected chi connectivity index (χ4v) is 1.03. The number of nitrogens with zero attached hydrogens (tertiary/aromatic N) is 1. The molecule has 1 rings (SSSR count). The Balaban J connectivity index is 0.00000169. The van der Waals surface area contributed by atoms with E-state index >= 15 is 0 Å². The van der Waals surface area contributed by atoms with Gasteiger partial charge in [0.05, 0.1) is 15.5 Å². The first-order valence-corrected chi connectivity index (χ1v) is 3.64. The second-order valence-corrected chi connectivity index (χ2v) is 2.69. The molecule has 7 heteroatoms. The van der Waals surface area contributed by atoms with Crippen LogP contribution in [0.15, 0.2) is 18.2 Å². The van der Waals surface area contributed by atoms with Crippen molar-refractivity contribution in [2.24, 2.45) is 5.73 Å². The molecule has 1 amide bonds. The molecule has 0 spiro atoms. The minimum absolute atomic E-state index is 0. The Hall–Kier alpha value is -1.33. The fraction of sp³-hybridized carbons (Fsp3) is 0. The molecular formula is C7H6Cl2N2O3. The topological polar surface area (TPSA) is 86.2 Å². The molecule has 14 heavy (non-hydrogen) atoms. The number of carbonyl (C=O) groups excluding carboxylic acids is 1. The van der Waals surface area contributed by atoms with Gasteiger partial charge in [-0.25, -0.2) is 0 Å². The van der Waals surface area contributed by atoms with Gasteiger partial charge in [-0.15, -0.1) is 12.4 Å². The van der Waals surface area contributed by atoms with E-state index in [1.165, 1.54) is 12.1 Å². The molecule has 5 nitrogen and oxygen atoms in total. The first-order chi connectivity index (χ1) is 6.02. The zero-order chi connectivity index (χ0) is 10.0. The first-order valence-electron chi connectivity index (χ1n) is 3.26. The average Bonchev–Trinajstić information content (AvgIpc) is 2.04. The zero-order valence-electron chi connectivity index (χ0n) is 6.77. The second kappa shape index (κ2) is 4.78. The fourth-order valence-electron chi connectivity index (χ4n) is 0.816. The zero-order valence-corrected chi connectivity index (χ0v) is 8.34. The third kappa shape index (κ3) is 2.58. The maximum absolute atomic E-state index is 10.7. The monoisotopic (exact) mass is 236 g/mol. The van der Waals surface area contributed by atoms with Crippen LogP contribution < -0.4 is 5.73 Å². The summed E-state index contributed by atoms with van der Waals surface area (Å²) in [6.45, 7) is 0. The standard InChI is InChI=1S/C7H5ClN2O3.ClH/c8-6-2-1-4(10(12)13)3-5(6)7(9)11;/h1-3H,(H2,9,11);1H. The Morgan fingerprint density at radius 3 is 2.50 bits per heavy atom. The van der Waals surface area contributed by atoms with E-state index in [0.717, 1.165) is 6.07 Å². The quantitative estimate of drug-likeness (QED) is 0.628. The highest BCUT2D eigenvalue weighted by Gasteiger charge is 2.12. The third-order valence-corrected chi connectivity index (χ3v) is 1.76. The van der Waals surface area contributed by atoms with E-state index in [9.17, 15) is 14.9 Å². The summed E-state index contributed by atoms with van der Waals surface area (Å²) in [6.07, 6.45) is 0. The van der Waals surface area contributed by atoms with Crippen LogP contribution in [-0.2, 0) is 0 Å². The van der Waals surface area contributed by atoms with E-state index in [1.807, 2.05) is 0 Å². The van der Waals surface area contributed by atoms with Gasteiger partial charge < -0.3 is 5.73 Å². The summed E-state index contributed by atoms with van der Waals surface area (Å²) in [5.74, 6) is -0.784. The van der Waals surface area contributed by atoms with Crippen molar-refractivity contribution < 1.29 is 9.72 Å². The number of primary amides is 1. The van der Waals surface area contributed by atoms with Crippen molar-refractivity contribution in [1.82, 2.24) is 0 Å². The summed E-state index contributed by atoms with van der Waals surface area (Å²) in [5, 5.41) is 10.4. The van der Waals surface area contributed by atoms with Gasteiger partial charge in [0.1, 0.15) is 0 Å². The molecule has 0 aliphatic carbocycles. The van der Waals surface area contributed by atoms with E-state index < -0.39 is 10.8 Å². The Morgan fingerprint density at radius 1 is 1.50 bits per heavy atom. The van der Waals surface area contributed by atoms with Crippen molar-refractivity contribution >= 4 is 35.6 Å². The summed E-state index contributed by atoms with van der Waals surface area (Å²) < 4.78 is 0. The Labute approximate surface area is 90.4 Å². The predicted octanol–water partition coefficient (Wildman–Crippen LogP) is 1.77. The van der Waals surface area contributed by atoms with Crippen LogP contribution in [0.25, 0.3) is 0 Å². The second-order valence-electron chi connectivity index (χ2n) is 2.29. The van der Waals surface area contributed by atoms with Crippen LogP contribution >= 0.6 is 24.0 Å². The highest BCUT2D eigenvalue weighted by atomic mass is 35.5. The van der Waals surface area contributed by atoms with Gasteiger partial charge in [0.15, 0.2) is 0 Å². The van der Waals surface area contributed by atoms with Gasteiger partial charge in [-0.1, -0.05) is 11.6 Å². The van der Waals surface area contributed by atoms with E-state index in [4.69, 9.17) is 17.3 Å². The van der Waals surface area contributed by atoms with Crippen LogP contribution in [-0.4, -0.2) is 10.8 Å². The van der Waals surface area contributed by atoms with Crippen LogP contribution in [0.4, 0.5) is 5.69 Å². The smallest absolute Gasteiger partial charge is 0.270 e. The lowest BCUT2D eigenvalue weighted by Gasteiger charge is -1.98. The lowest BCUT2D eigenvalue weighted by Crippen LogP contribution is -2.11. The van der Waals surface area contributed by atoms with Crippen molar-refractivity contribution in [2.75, 3.05) is 0 Å². The van der Waals surface area contributed by atoms with Crippen LogP contribution in [0, 0.1) is 10.1 Å². The largest absolute Gasteiger partial charge is 0.366 e. The van der Waals surface area contributed by atoms with Gasteiger partial charge in [-0.05, 0) is 6.07 Å². The number of hydrogen-bond acceptors (Lipinski definition) is 3. The number of non-ortho nitro benzene ring substituents is 1. The minimum atomic E-state index is -0.784. The number of amides is 1. The number of benzene rings is 1. The number of hydrogen-bond donors (Lipinski definition) is 1. The minimum Gasteiger partial charge on any atom is -0.366 e. The molecule has 1 aromatic carbocycles. The lowest BCUT2D eigenvalue weighted by atomic mass is 10.2. The van der Waals surface area contributed by atoms with Crippen LogP contribution in [0.2, 0.25) is 5.02 Å². The summed E-state index contributed by atoms with van der Waals surface area (Å²) in [7, 11) is 0. The molecule has 0 unspecified atom stereocenters. The third-order valence-electron chi connectivity index (χ3n) is 1.43. The molecule has 76 valence electrons. The number of nitro benzene ring substituents is 1. The van der Waals surface area contributed by atoms with E-state index in [0.29, 0.717) is 0 Å². The maximum Gasteiger partial charge on any atom is 0.270 e. The van der Waals surface area contributed by atoms with Crippen molar-refractivity contribution in [3.05, 3.63) is 38.9 Å². The molecule has 0 saturated carbocycles. The molecule has 0 heterocycles. The van der Waals surface area contributed by atoms with Crippen molar-refractivity contribution in [3.63, 3.8) is 0 Å². The normalized spacial score (nSPS) is 8.93. The Morgan fingerprint density at radius 2 is 2.07 bits per heavy atom. The highest BCUT2D eigenvalue weighted by molar-refractivity contribution is 6.33. The van der Waals surface area contributed by atoms with Crippen molar-refractivity contribution in [3.8, 4) is 0 Å². The van der Waals surface area contributed by atoms with Gasteiger partial charge in [0.2, 0.25) is 5.91 Å². The molecule has 0 aliphatic rings. The van der Waals surface area contributed by atoms with Crippen LogP contribution in [0.5, 0.6) is 0 Å². The number of nitro groups is 1. The van der Waals surface area contributed by atoms with Crippen molar-refractivity contribution in [1.29, 1.82) is 0 Å². The van der Waals surface area contributed by atoms with Gasteiger partial charge in [-0.2, -0.15) is 0 Å². The summed E-state index contributed by atoms with van der Waals surface area (Å²) in [4.78, 5) is 20.4. The van der Waals surface area contributed by atoms with Crippen molar-refractivity contribution in [2.45, 2.75) is 0 Å². The summed E-state index contributed by atoms with van der Waals surface area (Å²) in [5.41, 5.74) is 4.68. The van der Waals surface area contributed by atoms with Crippen LogP contribution in [0.3, 0.4) is 0 Å². The van der Waals surface area contributed by atoms with Crippen LogP contribution in [0.1, 0.15) is 10.4 Å². The summed E-state index contributed by atoms with van der Waals surface area (Å²) >= 11 is 5.57. The Bertz CT molecular complexity index is 381. The molecule has 0 radical (unpaired) electrons. The van der Waals surface area contributed by atoms with Gasteiger partial charge in [0, 0.05) is 12.1 Å². The number of rotatable bonds is 2. The lowest BCUT2D eigenvalue weighted by molar-refractivity contribution is -0.384.